The van der Waals surface area contributed by atoms with E-state index in [-0.39, 0.29) is 18.6 Å². The molecule has 2 unspecified atom stereocenters. The molecule has 1 saturated heterocycles. The van der Waals surface area contributed by atoms with Gasteiger partial charge in [0, 0.05) is 12.6 Å². The number of methoxy groups -OCH3 is 1. The van der Waals surface area contributed by atoms with E-state index in [9.17, 15) is 9.59 Å². The minimum absolute atomic E-state index is 0.0942. The average molecular weight is 293 g/mol. The van der Waals surface area contributed by atoms with E-state index in [4.69, 9.17) is 14.6 Å². The number of carboxylic acids is 1. The predicted molar refractivity (Wildman–Crippen MR) is 75.4 cm³/mol. The maximum Gasteiger partial charge on any atom is 0.308 e. The Balaban J connectivity index is 1.88. The zero-order valence-corrected chi connectivity index (χ0v) is 12.1. The minimum Gasteiger partial charge on any atom is -0.497 e. The van der Waals surface area contributed by atoms with Crippen LogP contribution in [0.15, 0.2) is 24.3 Å². The van der Waals surface area contributed by atoms with Crippen molar-refractivity contribution in [3.63, 3.8) is 0 Å². The molecule has 0 aliphatic carbocycles. The van der Waals surface area contributed by atoms with Gasteiger partial charge in [0.1, 0.15) is 11.5 Å². The molecule has 1 heterocycles. The van der Waals surface area contributed by atoms with Crippen molar-refractivity contribution in [3.05, 3.63) is 24.3 Å². The Bertz CT molecular complexity index is 513. The summed E-state index contributed by atoms with van der Waals surface area (Å²) in [5, 5.41) is 9.06. The van der Waals surface area contributed by atoms with Gasteiger partial charge < -0.3 is 19.5 Å². The lowest BCUT2D eigenvalue weighted by molar-refractivity contribution is -0.143. The lowest BCUT2D eigenvalue weighted by atomic mass is 10.0. The molecule has 1 fully saturated rings. The van der Waals surface area contributed by atoms with E-state index >= 15 is 0 Å². The van der Waals surface area contributed by atoms with E-state index in [1.165, 1.54) is 0 Å². The van der Waals surface area contributed by atoms with Crippen LogP contribution in [0.5, 0.6) is 11.5 Å². The van der Waals surface area contributed by atoms with E-state index in [2.05, 4.69) is 0 Å². The summed E-state index contributed by atoms with van der Waals surface area (Å²) in [5.74, 6) is -0.247. The van der Waals surface area contributed by atoms with E-state index in [0.717, 1.165) is 0 Å². The topological polar surface area (TPSA) is 76.1 Å². The van der Waals surface area contributed by atoms with E-state index < -0.39 is 11.9 Å². The Morgan fingerprint density at radius 1 is 1.29 bits per heavy atom. The molecule has 1 amide bonds. The van der Waals surface area contributed by atoms with Crippen LogP contribution in [0, 0.1) is 5.92 Å². The van der Waals surface area contributed by atoms with Gasteiger partial charge in [-0.05, 0) is 37.6 Å². The summed E-state index contributed by atoms with van der Waals surface area (Å²) < 4.78 is 10.5. The first-order valence-electron chi connectivity index (χ1n) is 6.82. The third-order valence-electron chi connectivity index (χ3n) is 3.81. The summed E-state index contributed by atoms with van der Waals surface area (Å²) in [7, 11) is 1.58. The van der Waals surface area contributed by atoms with Gasteiger partial charge in [0.2, 0.25) is 0 Å². The van der Waals surface area contributed by atoms with Gasteiger partial charge >= 0.3 is 5.97 Å². The van der Waals surface area contributed by atoms with Crippen LogP contribution >= 0.6 is 0 Å². The van der Waals surface area contributed by atoms with Crippen LogP contribution < -0.4 is 9.47 Å². The van der Waals surface area contributed by atoms with Gasteiger partial charge in [0.05, 0.1) is 13.0 Å². The molecule has 2 rings (SSSR count). The zero-order valence-electron chi connectivity index (χ0n) is 12.1. The highest BCUT2D eigenvalue weighted by Crippen LogP contribution is 2.24. The van der Waals surface area contributed by atoms with Gasteiger partial charge in [0.15, 0.2) is 6.61 Å². The van der Waals surface area contributed by atoms with Gasteiger partial charge in [-0.2, -0.15) is 0 Å². The highest BCUT2D eigenvalue weighted by atomic mass is 16.5. The fourth-order valence-electron chi connectivity index (χ4n) is 2.52. The van der Waals surface area contributed by atoms with Crippen molar-refractivity contribution in [2.75, 3.05) is 20.3 Å². The largest absolute Gasteiger partial charge is 0.497 e. The van der Waals surface area contributed by atoms with Crippen LogP contribution in [0.4, 0.5) is 0 Å². The number of hydrogen-bond donors (Lipinski definition) is 1. The smallest absolute Gasteiger partial charge is 0.308 e. The molecule has 0 radical (unpaired) electrons. The molecule has 114 valence electrons. The van der Waals surface area contributed by atoms with Crippen LogP contribution in [-0.4, -0.2) is 48.2 Å². The van der Waals surface area contributed by atoms with E-state index in [1.54, 1.807) is 43.2 Å². The maximum absolute atomic E-state index is 12.1. The summed E-state index contributed by atoms with van der Waals surface area (Å²) in [4.78, 5) is 24.7. The number of aliphatic carboxylic acids is 1. The summed E-state index contributed by atoms with van der Waals surface area (Å²) in [5.41, 5.74) is 0. The lowest BCUT2D eigenvalue weighted by Crippen LogP contribution is -2.40. The van der Waals surface area contributed by atoms with Gasteiger partial charge in [0.25, 0.3) is 5.91 Å². The third-order valence-corrected chi connectivity index (χ3v) is 3.81. The molecule has 6 heteroatoms. The molecule has 0 aromatic heterocycles. The first kappa shape index (κ1) is 15.2. The number of carbonyl (C=O) groups excluding carboxylic acids is 1. The Labute approximate surface area is 123 Å². The summed E-state index contributed by atoms with van der Waals surface area (Å²) in [6.45, 7) is 2.13. The van der Waals surface area contributed by atoms with Crippen molar-refractivity contribution in [1.29, 1.82) is 0 Å². The number of carbonyl (C=O) groups is 2. The minimum atomic E-state index is -0.853. The number of likely N-dealkylation sites (tertiary alicyclic amines) is 1. The van der Waals surface area contributed by atoms with E-state index in [0.29, 0.717) is 24.5 Å². The van der Waals surface area contributed by atoms with E-state index in [1.807, 2.05) is 0 Å². The monoisotopic (exact) mass is 293 g/mol. The second-order valence-electron chi connectivity index (χ2n) is 5.03. The standard InChI is InChI=1S/C15H19NO5/c1-10-13(15(18)19)7-8-16(10)14(17)9-21-12-5-3-11(20-2)4-6-12/h3-6,10,13H,7-9H2,1-2H3,(H,18,19). The first-order valence-corrected chi connectivity index (χ1v) is 6.82. The molecule has 1 N–H and O–H groups in total. The van der Waals surface area contributed by atoms with Crippen molar-refractivity contribution in [2.45, 2.75) is 19.4 Å². The van der Waals surface area contributed by atoms with Crippen LogP contribution in [0.1, 0.15) is 13.3 Å². The first-order chi connectivity index (χ1) is 10.0. The molecular formula is C15H19NO5. The summed E-state index contributed by atoms with van der Waals surface area (Å²) in [6, 6.07) is 6.64. The summed E-state index contributed by atoms with van der Waals surface area (Å²) in [6.07, 6.45) is 0.491. The zero-order chi connectivity index (χ0) is 15.4. The number of nitrogens with zero attached hydrogens (tertiary/aromatic N) is 1. The number of hydrogen-bond acceptors (Lipinski definition) is 4. The molecule has 0 saturated carbocycles. The van der Waals surface area contributed by atoms with Crippen molar-refractivity contribution in [2.24, 2.45) is 5.92 Å². The van der Waals surface area contributed by atoms with Crippen LogP contribution in [0.3, 0.4) is 0 Å². The quantitative estimate of drug-likeness (QED) is 0.888. The van der Waals surface area contributed by atoms with Crippen molar-refractivity contribution < 1.29 is 24.2 Å². The fraction of sp³-hybridized carbons (Fsp3) is 0.467. The fourth-order valence-corrected chi connectivity index (χ4v) is 2.52. The number of benzene rings is 1. The number of carboxylic acid groups (broad SMARTS) is 1. The molecule has 0 spiro atoms. The Kier molecular flexibility index (Phi) is 4.67. The molecule has 2 atom stereocenters. The van der Waals surface area contributed by atoms with Crippen LogP contribution in [0.2, 0.25) is 0 Å². The molecule has 1 aromatic rings. The Morgan fingerprint density at radius 3 is 2.43 bits per heavy atom. The lowest BCUT2D eigenvalue weighted by Gasteiger charge is -2.23. The average Bonchev–Trinajstić information content (AvgIpc) is 2.87. The second kappa shape index (κ2) is 6.47. The number of rotatable bonds is 5. The molecular weight excluding hydrogens is 274 g/mol. The van der Waals surface area contributed by atoms with Crippen LogP contribution in [0.25, 0.3) is 0 Å². The normalized spacial score (nSPS) is 21.1. The highest BCUT2D eigenvalue weighted by molar-refractivity contribution is 5.80. The number of amides is 1. The van der Waals surface area contributed by atoms with Gasteiger partial charge in [-0.3, -0.25) is 9.59 Å². The third kappa shape index (κ3) is 3.45. The highest BCUT2D eigenvalue weighted by Gasteiger charge is 2.38. The van der Waals surface area contributed by atoms with Crippen molar-refractivity contribution >= 4 is 11.9 Å². The van der Waals surface area contributed by atoms with Gasteiger partial charge in [-0.25, -0.2) is 0 Å². The SMILES string of the molecule is COc1ccc(OCC(=O)N2CCC(C(=O)O)C2C)cc1. The molecule has 1 aliphatic heterocycles. The number of ether oxygens (including phenoxy) is 2. The predicted octanol–water partition coefficient (Wildman–Crippen LogP) is 1.40. The molecule has 1 aromatic carbocycles. The molecule has 1 aliphatic rings. The summed E-state index contributed by atoms with van der Waals surface area (Å²) >= 11 is 0. The maximum atomic E-state index is 12.1. The van der Waals surface area contributed by atoms with Gasteiger partial charge in [-0.15, -0.1) is 0 Å². The van der Waals surface area contributed by atoms with Crippen molar-refractivity contribution in [3.8, 4) is 11.5 Å². The second-order valence-corrected chi connectivity index (χ2v) is 5.03. The molecule has 0 bridgehead atoms. The van der Waals surface area contributed by atoms with Gasteiger partial charge in [-0.1, -0.05) is 0 Å². The molecule has 6 nitrogen and oxygen atoms in total. The van der Waals surface area contributed by atoms with Crippen molar-refractivity contribution in [1.82, 2.24) is 4.90 Å². The Hall–Kier alpha value is -2.24. The molecule has 21 heavy (non-hydrogen) atoms. The Morgan fingerprint density at radius 2 is 1.90 bits per heavy atom. The van der Waals surface area contributed by atoms with Crippen LogP contribution in [-0.2, 0) is 9.59 Å².